The van der Waals surface area contributed by atoms with E-state index in [1.165, 1.54) is 12.4 Å². The van der Waals surface area contributed by atoms with E-state index >= 15 is 0 Å². The number of benzene rings is 1. The molecule has 3 rings (SSSR count). The Bertz CT molecular complexity index is 832. The number of anilines is 1. The number of hydrogen-bond acceptors (Lipinski definition) is 4. The zero-order chi connectivity index (χ0) is 18.7. The minimum Gasteiger partial charge on any atom is -0.336 e. The van der Waals surface area contributed by atoms with Gasteiger partial charge in [-0.25, -0.2) is 0 Å². The van der Waals surface area contributed by atoms with Gasteiger partial charge in [0.2, 0.25) is 0 Å². The van der Waals surface area contributed by atoms with Crippen molar-refractivity contribution in [2.24, 2.45) is 0 Å². The molecule has 0 atom stereocenters. The van der Waals surface area contributed by atoms with Gasteiger partial charge < -0.3 is 15.1 Å². The minimum absolute atomic E-state index is 0.0980. The molecule has 6 nitrogen and oxygen atoms in total. The SMILES string of the molecule is Cc1c(Cl)cccc1NC(=O)c1cncc(C(=O)N2CCN(C)CC2)c1. The van der Waals surface area contributed by atoms with Crippen molar-refractivity contribution in [2.45, 2.75) is 6.92 Å². The van der Waals surface area contributed by atoms with Gasteiger partial charge >= 0.3 is 0 Å². The second-order valence-electron chi connectivity index (χ2n) is 6.42. The van der Waals surface area contributed by atoms with Gasteiger partial charge in [-0.1, -0.05) is 17.7 Å². The first-order valence-electron chi connectivity index (χ1n) is 8.45. The lowest BCUT2D eigenvalue weighted by atomic mass is 10.1. The van der Waals surface area contributed by atoms with Crippen molar-refractivity contribution in [1.82, 2.24) is 14.8 Å². The van der Waals surface area contributed by atoms with Crippen molar-refractivity contribution in [3.05, 3.63) is 58.4 Å². The van der Waals surface area contributed by atoms with E-state index < -0.39 is 0 Å². The Labute approximate surface area is 157 Å². The maximum absolute atomic E-state index is 12.7. The molecule has 0 spiro atoms. The standard InChI is InChI=1S/C19H21ClN4O2/c1-13-16(20)4-3-5-17(13)22-18(25)14-10-15(12-21-11-14)19(26)24-8-6-23(2)7-9-24/h3-5,10-12H,6-9H2,1-2H3,(H,22,25). The Hall–Kier alpha value is -2.44. The van der Waals surface area contributed by atoms with Crippen LogP contribution in [0.25, 0.3) is 0 Å². The second kappa shape index (κ2) is 7.85. The van der Waals surface area contributed by atoms with Crippen LogP contribution in [-0.4, -0.2) is 59.8 Å². The van der Waals surface area contributed by atoms with Crippen LogP contribution in [0.2, 0.25) is 5.02 Å². The van der Waals surface area contributed by atoms with Crippen molar-refractivity contribution in [3.8, 4) is 0 Å². The summed E-state index contributed by atoms with van der Waals surface area (Å²) in [6, 6.07) is 6.91. The van der Waals surface area contributed by atoms with Gasteiger partial charge in [-0.05, 0) is 37.7 Å². The van der Waals surface area contributed by atoms with E-state index in [1.54, 1.807) is 29.2 Å². The Kier molecular flexibility index (Phi) is 5.54. The molecule has 1 fully saturated rings. The molecule has 1 N–H and O–H groups in total. The molecule has 0 bridgehead atoms. The van der Waals surface area contributed by atoms with Crippen LogP contribution in [0.4, 0.5) is 5.69 Å². The predicted octanol–water partition coefficient (Wildman–Crippen LogP) is 2.68. The number of carbonyl (C=O) groups excluding carboxylic acids is 2. The monoisotopic (exact) mass is 372 g/mol. The topological polar surface area (TPSA) is 65.5 Å². The van der Waals surface area contributed by atoms with Gasteiger partial charge in [0.05, 0.1) is 11.1 Å². The average Bonchev–Trinajstić information content (AvgIpc) is 2.65. The van der Waals surface area contributed by atoms with Crippen LogP contribution in [0.5, 0.6) is 0 Å². The van der Waals surface area contributed by atoms with Gasteiger partial charge in [-0.2, -0.15) is 0 Å². The van der Waals surface area contributed by atoms with Gasteiger partial charge in [0.25, 0.3) is 11.8 Å². The highest BCUT2D eigenvalue weighted by molar-refractivity contribution is 6.31. The van der Waals surface area contributed by atoms with Crippen LogP contribution in [-0.2, 0) is 0 Å². The fourth-order valence-electron chi connectivity index (χ4n) is 2.81. The maximum Gasteiger partial charge on any atom is 0.257 e. The molecule has 26 heavy (non-hydrogen) atoms. The number of likely N-dealkylation sites (N-methyl/N-ethyl adjacent to an activating group) is 1. The largest absolute Gasteiger partial charge is 0.336 e. The fourth-order valence-corrected chi connectivity index (χ4v) is 2.99. The molecular weight excluding hydrogens is 352 g/mol. The van der Waals surface area contributed by atoms with Gasteiger partial charge in [0.15, 0.2) is 0 Å². The quantitative estimate of drug-likeness (QED) is 0.899. The smallest absolute Gasteiger partial charge is 0.257 e. The number of halogens is 1. The third kappa shape index (κ3) is 4.03. The van der Waals surface area contributed by atoms with E-state index in [2.05, 4.69) is 15.2 Å². The number of carbonyl (C=O) groups is 2. The summed E-state index contributed by atoms with van der Waals surface area (Å²) in [4.78, 5) is 33.2. The summed E-state index contributed by atoms with van der Waals surface area (Å²) in [6.45, 7) is 4.87. The number of pyridine rings is 1. The van der Waals surface area contributed by atoms with E-state index in [0.29, 0.717) is 34.9 Å². The fraction of sp³-hybridized carbons (Fsp3) is 0.316. The van der Waals surface area contributed by atoms with Crippen LogP contribution in [0.3, 0.4) is 0 Å². The van der Waals surface area contributed by atoms with Gasteiger partial charge in [0, 0.05) is 49.3 Å². The number of piperazine rings is 1. The van der Waals surface area contributed by atoms with Crippen LogP contribution in [0.1, 0.15) is 26.3 Å². The summed E-state index contributed by atoms with van der Waals surface area (Å²) in [5.74, 6) is -0.421. The molecule has 7 heteroatoms. The summed E-state index contributed by atoms with van der Waals surface area (Å²) in [5.41, 5.74) is 2.19. The zero-order valence-electron chi connectivity index (χ0n) is 14.8. The third-order valence-corrected chi connectivity index (χ3v) is 4.96. The predicted molar refractivity (Wildman–Crippen MR) is 102 cm³/mol. The molecule has 0 unspecified atom stereocenters. The summed E-state index contributed by atoms with van der Waals surface area (Å²) in [5, 5.41) is 3.41. The number of aromatic nitrogens is 1. The first kappa shape index (κ1) is 18.4. The molecular formula is C19H21ClN4O2. The van der Waals surface area contributed by atoms with E-state index in [9.17, 15) is 9.59 Å². The summed E-state index contributed by atoms with van der Waals surface area (Å²) in [7, 11) is 2.03. The van der Waals surface area contributed by atoms with Crippen molar-refractivity contribution in [2.75, 3.05) is 38.5 Å². The Morgan fingerprint density at radius 3 is 2.54 bits per heavy atom. The van der Waals surface area contributed by atoms with E-state index in [-0.39, 0.29) is 11.8 Å². The molecule has 2 amide bonds. The summed E-state index contributed by atoms with van der Waals surface area (Å²) in [6.07, 6.45) is 2.96. The van der Waals surface area contributed by atoms with Crippen LogP contribution in [0, 0.1) is 6.92 Å². The molecule has 1 aliphatic rings. The molecule has 0 radical (unpaired) electrons. The lowest BCUT2D eigenvalue weighted by molar-refractivity contribution is 0.0663. The number of nitrogens with zero attached hydrogens (tertiary/aromatic N) is 3. The average molecular weight is 373 g/mol. The van der Waals surface area contributed by atoms with Gasteiger partial charge in [0.1, 0.15) is 0 Å². The van der Waals surface area contributed by atoms with Crippen LogP contribution >= 0.6 is 11.6 Å². The molecule has 2 aromatic rings. The molecule has 1 aromatic heterocycles. The summed E-state index contributed by atoms with van der Waals surface area (Å²) < 4.78 is 0. The number of rotatable bonds is 3. The lowest BCUT2D eigenvalue weighted by Gasteiger charge is -2.32. The molecule has 2 heterocycles. The highest BCUT2D eigenvalue weighted by Crippen LogP contribution is 2.23. The van der Waals surface area contributed by atoms with Crippen molar-refractivity contribution in [1.29, 1.82) is 0 Å². The second-order valence-corrected chi connectivity index (χ2v) is 6.83. The van der Waals surface area contributed by atoms with Gasteiger partial charge in [-0.3, -0.25) is 14.6 Å². The Morgan fingerprint density at radius 1 is 1.12 bits per heavy atom. The Morgan fingerprint density at radius 2 is 1.81 bits per heavy atom. The number of nitrogens with one attached hydrogen (secondary N) is 1. The number of amides is 2. The lowest BCUT2D eigenvalue weighted by Crippen LogP contribution is -2.47. The third-order valence-electron chi connectivity index (χ3n) is 4.55. The van der Waals surface area contributed by atoms with E-state index in [1.807, 2.05) is 14.0 Å². The van der Waals surface area contributed by atoms with Crippen molar-refractivity contribution in [3.63, 3.8) is 0 Å². The zero-order valence-corrected chi connectivity index (χ0v) is 15.6. The van der Waals surface area contributed by atoms with Crippen molar-refractivity contribution >= 4 is 29.1 Å². The first-order chi connectivity index (χ1) is 12.5. The number of hydrogen-bond donors (Lipinski definition) is 1. The summed E-state index contributed by atoms with van der Waals surface area (Å²) >= 11 is 6.09. The molecule has 136 valence electrons. The highest BCUT2D eigenvalue weighted by Gasteiger charge is 2.21. The first-order valence-corrected chi connectivity index (χ1v) is 8.83. The van der Waals surface area contributed by atoms with E-state index in [4.69, 9.17) is 11.6 Å². The highest BCUT2D eigenvalue weighted by atomic mass is 35.5. The molecule has 1 aliphatic heterocycles. The molecule has 0 saturated carbocycles. The Balaban J connectivity index is 1.75. The van der Waals surface area contributed by atoms with Crippen LogP contribution < -0.4 is 5.32 Å². The molecule has 1 aromatic carbocycles. The minimum atomic E-state index is -0.323. The maximum atomic E-state index is 12.7. The normalized spacial score (nSPS) is 15.0. The molecule has 1 saturated heterocycles. The molecule has 0 aliphatic carbocycles. The van der Waals surface area contributed by atoms with Crippen LogP contribution in [0.15, 0.2) is 36.7 Å². The van der Waals surface area contributed by atoms with E-state index in [0.717, 1.165) is 18.7 Å². The van der Waals surface area contributed by atoms with Gasteiger partial charge in [-0.15, -0.1) is 0 Å². The van der Waals surface area contributed by atoms with Crippen molar-refractivity contribution < 1.29 is 9.59 Å².